The Kier molecular flexibility index (Phi) is 4.92. The number of aryl methyl sites for hydroxylation is 1. The summed E-state index contributed by atoms with van der Waals surface area (Å²) >= 11 is 0. The van der Waals surface area contributed by atoms with Crippen LogP contribution in [0.15, 0.2) is 18.2 Å². The Morgan fingerprint density at radius 3 is 2.53 bits per heavy atom. The molecule has 1 rings (SSSR count). The second-order valence-corrected chi connectivity index (χ2v) is 5.08. The van der Waals surface area contributed by atoms with Crippen molar-refractivity contribution in [3.8, 4) is 0 Å². The van der Waals surface area contributed by atoms with Crippen LogP contribution in [-0.4, -0.2) is 23.0 Å². The molecule has 0 heterocycles. The van der Waals surface area contributed by atoms with Crippen LogP contribution in [0.4, 0.5) is 5.69 Å². The van der Waals surface area contributed by atoms with Gasteiger partial charge in [0.1, 0.15) is 6.04 Å². The zero-order chi connectivity index (χ0) is 14.6. The maximum Gasteiger partial charge on any atom is 0.326 e. The van der Waals surface area contributed by atoms with Crippen molar-refractivity contribution < 1.29 is 14.7 Å². The van der Waals surface area contributed by atoms with Gasteiger partial charge in [-0.2, -0.15) is 0 Å². The highest BCUT2D eigenvalue weighted by Crippen LogP contribution is 2.14. The molecule has 0 aliphatic heterocycles. The number of nitrogens with one attached hydrogen (secondary N) is 1. The Labute approximate surface area is 112 Å². The SMILES string of the molecule is Cc1ccc(N)c(C(=O)N[C@H](CC(C)C)C(=O)O)c1. The first-order chi connectivity index (χ1) is 8.81. The molecule has 0 saturated heterocycles. The first-order valence-corrected chi connectivity index (χ1v) is 6.21. The van der Waals surface area contributed by atoms with Crippen LogP contribution >= 0.6 is 0 Å². The van der Waals surface area contributed by atoms with Crippen molar-refractivity contribution in [1.29, 1.82) is 0 Å². The highest BCUT2D eigenvalue weighted by molar-refractivity contribution is 6.01. The van der Waals surface area contributed by atoms with Gasteiger partial charge < -0.3 is 16.2 Å². The number of carboxylic acid groups (broad SMARTS) is 1. The number of rotatable bonds is 5. The number of carbonyl (C=O) groups excluding carboxylic acids is 1. The molecule has 0 aromatic heterocycles. The van der Waals surface area contributed by atoms with Gasteiger partial charge in [-0.05, 0) is 31.4 Å². The van der Waals surface area contributed by atoms with E-state index in [1.165, 1.54) is 0 Å². The average molecular weight is 264 g/mol. The van der Waals surface area contributed by atoms with Gasteiger partial charge in [0.25, 0.3) is 5.91 Å². The van der Waals surface area contributed by atoms with E-state index in [1.807, 2.05) is 20.8 Å². The summed E-state index contributed by atoms with van der Waals surface area (Å²) in [4.78, 5) is 23.2. The van der Waals surface area contributed by atoms with Crippen molar-refractivity contribution in [2.45, 2.75) is 33.2 Å². The summed E-state index contributed by atoms with van der Waals surface area (Å²) in [5.74, 6) is -1.31. The van der Waals surface area contributed by atoms with Gasteiger partial charge in [0.15, 0.2) is 0 Å². The Bertz CT molecular complexity index is 484. The van der Waals surface area contributed by atoms with Crippen LogP contribution in [0.3, 0.4) is 0 Å². The van der Waals surface area contributed by atoms with Gasteiger partial charge in [-0.15, -0.1) is 0 Å². The number of carboxylic acids is 1. The van der Waals surface area contributed by atoms with E-state index >= 15 is 0 Å². The van der Waals surface area contributed by atoms with E-state index in [9.17, 15) is 9.59 Å². The lowest BCUT2D eigenvalue weighted by atomic mass is 10.0. The second-order valence-electron chi connectivity index (χ2n) is 5.08. The summed E-state index contributed by atoms with van der Waals surface area (Å²) in [6.07, 6.45) is 0.382. The van der Waals surface area contributed by atoms with Crippen molar-refractivity contribution in [3.05, 3.63) is 29.3 Å². The second kappa shape index (κ2) is 6.22. The van der Waals surface area contributed by atoms with E-state index in [4.69, 9.17) is 10.8 Å². The van der Waals surface area contributed by atoms with Gasteiger partial charge in [0.05, 0.1) is 5.56 Å². The summed E-state index contributed by atoms with van der Waals surface area (Å²) in [6, 6.07) is 4.20. The predicted molar refractivity (Wildman–Crippen MR) is 73.9 cm³/mol. The fraction of sp³-hybridized carbons (Fsp3) is 0.429. The van der Waals surface area contributed by atoms with Crippen LogP contribution < -0.4 is 11.1 Å². The standard InChI is InChI=1S/C14H20N2O3/c1-8(2)6-12(14(18)19)16-13(17)10-7-9(3)4-5-11(10)15/h4-5,7-8,12H,6,15H2,1-3H3,(H,16,17)(H,18,19)/t12-/m1/s1. The van der Waals surface area contributed by atoms with E-state index in [2.05, 4.69) is 5.32 Å². The number of amides is 1. The molecule has 1 aromatic rings. The summed E-state index contributed by atoms with van der Waals surface area (Å²) in [6.45, 7) is 5.66. The number of aliphatic carboxylic acids is 1. The van der Waals surface area contributed by atoms with Gasteiger partial charge >= 0.3 is 5.97 Å². The third kappa shape index (κ3) is 4.28. The molecule has 1 amide bonds. The Morgan fingerprint density at radius 2 is 2.00 bits per heavy atom. The first kappa shape index (κ1) is 15.0. The molecule has 1 atom stereocenters. The summed E-state index contributed by atoms with van der Waals surface area (Å²) < 4.78 is 0. The maximum absolute atomic E-state index is 12.1. The number of hydrogen-bond acceptors (Lipinski definition) is 3. The fourth-order valence-electron chi connectivity index (χ4n) is 1.80. The monoisotopic (exact) mass is 264 g/mol. The van der Waals surface area contributed by atoms with Gasteiger partial charge in [-0.1, -0.05) is 25.5 Å². The molecule has 0 aliphatic carbocycles. The fourth-order valence-corrected chi connectivity index (χ4v) is 1.80. The summed E-state index contributed by atoms with van der Waals surface area (Å²) in [7, 11) is 0. The van der Waals surface area contributed by atoms with Crippen molar-refractivity contribution in [2.24, 2.45) is 5.92 Å². The average Bonchev–Trinajstić information content (AvgIpc) is 2.30. The van der Waals surface area contributed by atoms with Gasteiger partial charge in [-0.25, -0.2) is 4.79 Å². The molecule has 1 aromatic carbocycles. The minimum Gasteiger partial charge on any atom is -0.480 e. The number of anilines is 1. The molecule has 104 valence electrons. The quantitative estimate of drug-likeness (QED) is 0.707. The number of nitrogen functional groups attached to an aromatic ring is 1. The van der Waals surface area contributed by atoms with Crippen LogP contribution in [0.25, 0.3) is 0 Å². The predicted octanol–water partition coefficient (Wildman–Crippen LogP) is 1.81. The molecule has 5 heteroatoms. The normalized spacial score (nSPS) is 12.2. The first-order valence-electron chi connectivity index (χ1n) is 6.21. The van der Waals surface area contributed by atoms with Crippen LogP contribution in [-0.2, 0) is 4.79 Å². The van der Waals surface area contributed by atoms with E-state index < -0.39 is 17.9 Å². The van der Waals surface area contributed by atoms with Crippen molar-refractivity contribution in [1.82, 2.24) is 5.32 Å². The third-order valence-corrected chi connectivity index (χ3v) is 2.76. The molecule has 0 spiro atoms. The molecule has 0 aliphatic rings. The Morgan fingerprint density at radius 1 is 1.37 bits per heavy atom. The zero-order valence-electron chi connectivity index (χ0n) is 11.4. The lowest BCUT2D eigenvalue weighted by Crippen LogP contribution is -2.41. The maximum atomic E-state index is 12.1. The molecule has 5 nitrogen and oxygen atoms in total. The Balaban J connectivity index is 2.87. The summed E-state index contributed by atoms with van der Waals surface area (Å²) in [5.41, 5.74) is 7.29. The molecule has 0 bridgehead atoms. The molecular formula is C14H20N2O3. The molecule has 0 radical (unpaired) electrons. The van der Waals surface area contributed by atoms with Crippen LogP contribution in [0.5, 0.6) is 0 Å². The lowest BCUT2D eigenvalue weighted by molar-refractivity contribution is -0.139. The molecule has 4 N–H and O–H groups in total. The minimum atomic E-state index is -1.03. The number of nitrogens with two attached hydrogens (primary N) is 1. The van der Waals surface area contributed by atoms with Gasteiger partial charge in [0.2, 0.25) is 0 Å². The highest BCUT2D eigenvalue weighted by Gasteiger charge is 2.22. The van der Waals surface area contributed by atoms with Crippen LogP contribution in [0, 0.1) is 12.8 Å². The molecule has 0 saturated carbocycles. The molecule has 0 fully saturated rings. The molecule has 0 unspecified atom stereocenters. The van der Waals surface area contributed by atoms with E-state index in [0.29, 0.717) is 17.7 Å². The number of benzene rings is 1. The zero-order valence-corrected chi connectivity index (χ0v) is 11.4. The molecule has 19 heavy (non-hydrogen) atoms. The number of carbonyl (C=O) groups is 2. The van der Waals surface area contributed by atoms with E-state index in [1.54, 1.807) is 18.2 Å². The smallest absolute Gasteiger partial charge is 0.326 e. The van der Waals surface area contributed by atoms with Crippen LogP contribution in [0.2, 0.25) is 0 Å². The van der Waals surface area contributed by atoms with E-state index in [-0.39, 0.29) is 5.92 Å². The van der Waals surface area contributed by atoms with Crippen molar-refractivity contribution in [3.63, 3.8) is 0 Å². The van der Waals surface area contributed by atoms with Crippen LogP contribution in [0.1, 0.15) is 36.2 Å². The minimum absolute atomic E-state index is 0.177. The van der Waals surface area contributed by atoms with Crippen molar-refractivity contribution in [2.75, 3.05) is 5.73 Å². The topological polar surface area (TPSA) is 92.4 Å². The number of hydrogen-bond donors (Lipinski definition) is 3. The molecular weight excluding hydrogens is 244 g/mol. The van der Waals surface area contributed by atoms with Gasteiger partial charge in [-0.3, -0.25) is 4.79 Å². The van der Waals surface area contributed by atoms with Gasteiger partial charge in [0, 0.05) is 5.69 Å². The van der Waals surface area contributed by atoms with E-state index in [0.717, 1.165) is 5.56 Å². The largest absolute Gasteiger partial charge is 0.480 e. The Hall–Kier alpha value is -2.04. The summed E-state index contributed by atoms with van der Waals surface area (Å²) in [5, 5.41) is 11.6. The highest BCUT2D eigenvalue weighted by atomic mass is 16.4. The van der Waals surface area contributed by atoms with Crippen molar-refractivity contribution >= 4 is 17.6 Å². The lowest BCUT2D eigenvalue weighted by Gasteiger charge is -2.17. The third-order valence-electron chi connectivity index (χ3n) is 2.76.